The predicted molar refractivity (Wildman–Crippen MR) is 93.4 cm³/mol. The van der Waals surface area contributed by atoms with Crippen molar-refractivity contribution in [3.05, 3.63) is 36.5 Å². The van der Waals surface area contributed by atoms with E-state index >= 15 is 0 Å². The van der Waals surface area contributed by atoms with Crippen molar-refractivity contribution in [2.24, 2.45) is 0 Å². The van der Waals surface area contributed by atoms with E-state index in [2.05, 4.69) is 14.2 Å². The van der Waals surface area contributed by atoms with E-state index in [1.165, 1.54) is 0 Å². The van der Waals surface area contributed by atoms with Crippen LogP contribution in [0.15, 0.2) is 36.5 Å². The molecule has 0 saturated heterocycles. The molecule has 12 nitrogen and oxygen atoms in total. The molecule has 13 heteroatoms. The molecule has 0 saturated carbocycles. The summed E-state index contributed by atoms with van der Waals surface area (Å²) in [6, 6.07) is 0. The van der Waals surface area contributed by atoms with E-state index in [1.54, 1.807) is 0 Å². The maximum Gasteiger partial charge on any atom is 0.702 e. The van der Waals surface area contributed by atoms with Crippen molar-refractivity contribution in [1.82, 2.24) is 0 Å². The van der Waals surface area contributed by atoms with E-state index in [9.17, 15) is 28.8 Å². The SMILES string of the molecule is COC(=O)/C=C/[14C](=O)O[Si](C)(O[14C](=O)/C=C/C(=O)OC)O[14C](=O)/C=C/C(=O)OC. The Bertz CT molecular complexity index is 651. The van der Waals surface area contributed by atoms with Crippen LogP contribution < -0.4 is 0 Å². The third-order valence-electron chi connectivity index (χ3n) is 2.53. The standard InChI is InChI=1S/C16H18O12Si/c1-23-11(17)5-8-14(20)26-29(4,27-15(21)9-6-12(18)24-2)28-16(22)10-7-13(19)25-3/h5-10H,1-4H3/b8-5+,9-6+,10-7+/i14+2,15+2,16+2. The van der Waals surface area contributed by atoms with E-state index in [0.29, 0.717) is 18.2 Å². The third-order valence-corrected chi connectivity index (χ3v) is 4.24. The van der Waals surface area contributed by atoms with E-state index in [-0.39, 0.29) is 0 Å². The zero-order valence-corrected chi connectivity index (χ0v) is 16.9. The summed E-state index contributed by atoms with van der Waals surface area (Å²) >= 11 is 0. The number of methoxy groups -OCH3 is 3. The molecular weight excluding hydrogens is 418 g/mol. The van der Waals surface area contributed by atoms with Gasteiger partial charge in [-0.25, -0.2) is 28.8 Å². The zero-order valence-electron chi connectivity index (χ0n) is 15.9. The molecule has 0 bridgehead atoms. The second-order valence-corrected chi connectivity index (χ2v) is 7.03. The van der Waals surface area contributed by atoms with Crippen molar-refractivity contribution < 1.29 is 56.3 Å². The number of ether oxygens (including phenoxy) is 3. The average molecular weight is 436 g/mol. The van der Waals surface area contributed by atoms with Crippen LogP contribution in [0.3, 0.4) is 0 Å². The quantitative estimate of drug-likeness (QED) is 0.195. The van der Waals surface area contributed by atoms with E-state index in [1.807, 2.05) is 0 Å². The molecule has 0 amide bonds. The monoisotopic (exact) mass is 436 g/mol. The summed E-state index contributed by atoms with van der Waals surface area (Å²) in [4.78, 5) is 68.5. The minimum atomic E-state index is -4.34. The molecule has 0 atom stereocenters. The van der Waals surface area contributed by atoms with Gasteiger partial charge in [-0.2, -0.15) is 0 Å². The first-order valence-corrected chi connectivity index (χ1v) is 9.74. The summed E-state index contributed by atoms with van der Waals surface area (Å²) in [5, 5.41) is 0. The summed E-state index contributed by atoms with van der Waals surface area (Å²) < 4.78 is 27.5. The fraction of sp³-hybridized carbons (Fsp3) is 0.250. The van der Waals surface area contributed by atoms with Crippen molar-refractivity contribution >= 4 is 44.6 Å². The average Bonchev–Trinajstić information content (AvgIpc) is 2.67. The van der Waals surface area contributed by atoms with Crippen LogP contribution >= 0.6 is 0 Å². The van der Waals surface area contributed by atoms with Crippen LogP contribution in [-0.2, 0) is 56.3 Å². The van der Waals surface area contributed by atoms with Crippen LogP contribution in [0.25, 0.3) is 0 Å². The Balaban J connectivity index is 5.41. The number of rotatable bonds is 9. The van der Waals surface area contributed by atoms with Crippen molar-refractivity contribution in [3.63, 3.8) is 0 Å². The molecule has 0 radical (unpaired) electrons. The minimum absolute atomic E-state index is 0.646. The Morgan fingerprint density at radius 1 is 0.621 bits per heavy atom. The van der Waals surface area contributed by atoms with E-state index in [4.69, 9.17) is 13.3 Å². The highest BCUT2D eigenvalue weighted by Crippen LogP contribution is 2.12. The van der Waals surface area contributed by atoms with Gasteiger partial charge in [0, 0.05) is 43.0 Å². The number of hydrogen-bond donors (Lipinski definition) is 0. The number of carbonyl (C=O) groups is 6. The largest absolute Gasteiger partial charge is 0.702 e. The fourth-order valence-electron chi connectivity index (χ4n) is 1.33. The second kappa shape index (κ2) is 12.6. The first-order chi connectivity index (χ1) is 13.5. The molecule has 0 N–H and O–H groups in total. The summed E-state index contributed by atoms with van der Waals surface area (Å²) in [6.45, 7) is 1.00. The Labute approximate surface area is 166 Å². The maximum atomic E-state index is 11.8. The summed E-state index contributed by atoms with van der Waals surface area (Å²) in [7, 11) is -1.13. The summed E-state index contributed by atoms with van der Waals surface area (Å²) in [5.74, 6) is -6.21. The molecule has 0 aromatic heterocycles. The molecule has 0 heterocycles. The molecule has 0 aromatic carbocycles. The normalized spacial score (nSPS) is 11.2. The van der Waals surface area contributed by atoms with Crippen LogP contribution in [0.4, 0.5) is 0 Å². The van der Waals surface area contributed by atoms with Crippen molar-refractivity contribution in [3.8, 4) is 0 Å². The number of hydrogen-bond acceptors (Lipinski definition) is 12. The van der Waals surface area contributed by atoms with Crippen molar-refractivity contribution in [1.29, 1.82) is 0 Å². The molecular formula is C16H18O12Si. The highest BCUT2D eigenvalue weighted by molar-refractivity contribution is 6.64. The summed E-state index contributed by atoms with van der Waals surface area (Å²) in [5.41, 5.74) is 0. The molecule has 29 heavy (non-hydrogen) atoms. The molecule has 0 aliphatic rings. The van der Waals surface area contributed by atoms with Crippen molar-refractivity contribution in [2.75, 3.05) is 21.3 Å². The molecule has 0 aromatic rings. The predicted octanol–water partition coefficient (Wildman–Crippen LogP) is -0.628. The van der Waals surface area contributed by atoms with Gasteiger partial charge in [-0.3, -0.25) is 0 Å². The van der Waals surface area contributed by atoms with Gasteiger partial charge in [-0.15, -0.1) is 0 Å². The van der Waals surface area contributed by atoms with Gasteiger partial charge in [0.1, 0.15) is 0 Å². The van der Waals surface area contributed by atoms with Gasteiger partial charge < -0.3 is 27.5 Å². The van der Waals surface area contributed by atoms with Crippen LogP contribution in [0.5, 0.6) is 0 Å². The van der Waals surface area contributed by atoms with Gasteiger partial charge in [-0.05, 0) is 0 Å². The van der Waals surface area contributed by atoms with E-state index < -0.39 is 44.6 Å². The first kappa shape index (κ1) is 25.3. The van der Waals surface area contributed by atoms with E-state index in [0.717, 1.165) is 46.1 Å². The lowest BCUT2D eigenvalue weighted by atomic mass is 10.6. The Morgan fingerprint density at radius 2 is 0.862 bits per heavy atom. The van der Waals surface area contributed by atoms with Gasteiger partial charge in [0.2, 0.25) is 0 Å². The zero-order chi connectivity index (χ0) is 22.4. The Kier molecular flexibility index (Phi) is 11.0. The van der Waals surface area contributed by atoms with Gasteiger partial charge in [0.05, 0.1) is 21.3 Å². The van der Waals surface area contributed by atoms with Gasteiger partial charge in [0.25, 0.3) is 0 Å². The molecule has 0 unspecified atom stereocenters. The molecule has 0 spiro atoms. The molecule has 0 aliphatic carbocycles. The molecule has 0 fully saturated rings. The van der Waals surface area contributed by atoms with Crippen LogP contribution in [0.1, 0.15) is 0 Å². The molecule has 0 aliphatic heterocycles. The van der Waals surface area contributed by atoms with Crippen molar-refractivity contribution in [2.45, 2.75) is 6.55 Å². The number of carbonyl (C=O) groups excluding carboxylic acids is 6. The van der Waals surface area contributed by atoms with Crippen LogP contribution in [-0.4, -0.2) is 65.9 Å². The lowest BCUT2D eigenvalue weighted by Gasteiger charge is -2.22. The maximum absolute atomic E-state index is 11.8. The van der Waals surface area contributed by atoms with Gasteiger partial charge in [0.15, 0.2) is 0 Å². The molecule has 0 rings (SSSR count). The first-order valence-electron chi connectivity index (χ1n) is 7.52. The smallest absolute Gasteiger partial charge is 0.466 e. The minimum Gasteiger partial charge on any atom is -0.466 e. The lowest BCUT2D eigenvalue weighted by molar-refractivity contribution is -0.145. The fourth-order valence-corrected chi connectivity index (χ4v) is 2.75. The third kappa shape index (κ3) is 11.5. The van der Waals surface area contributed by atoms with Gasteiger partial charge in [-0.1, -0.05) is 0 Å². The van der Waals surface area contributed by atoms with Crippen LogP contribution in [0, 0.1) is 0 Å². The second-order valence-electron chi connectivity index (χ2n) is 4.70. The highest BCUT2D eigenvalue weighted by atomic mass is 28.4. The topological polar surface area (TPSA) is 158 Å². The molecule has 158 valence electrons. The number of esters is 3. The lowest BCUT2D eigenvalue weighted by Crippen LogP contribution is -2.46. The highest BCUT2D eigenvalue weighted by Gasteiger charge is 2.46. The Morgan fingerprint density at radius 3 is 1.07 bits per heavy atom. The Hall–Kier alpha value is -3.74. The van der Waals surface area contributed by atoms with Crippen LogP contribution in [0.2, 0.25) is 6.55 Å². The van der Waals surface area contributed by atoms with Gasteiger partial charge >= 0.3 is 44.6 Å². The summed E-state index contributed by atoms with van der Waals surface area (Å²) in [6.07, 6.45) is 4.09.